The number of aromatic amines is 1. The summed E-state index contributed by atoms with van der Waals surface area (Å²) in [6.45, 7) is 4.16. The van der Waals surface area contributed by atoms with Crippen LogP contribution in [0.15, 0.2) is 15.8 Å². The number of nitrogens with one attached hydrogen (secondary N) is 1. The van der Waals surface area contributed by atoms with E-state index in [-0.39, 0.29) is 12.7 Å². The molecule has 1 aromatic heterocycles. The number of aromatic nitrogens is 2. The zero-order chi connectivity index (χ0) is 15.9. The molecule has 118 valence electrons. The summed E-state index contributed by atoms with van der Waals surface area (Å²) < 4.78 is 18.9. The van der Waals surface area contributed by atoms with E-state index in [2.05, 4.69) is 10.9 Å². The highest BCUT2D eigenvalue weighted by molar-refractivity contribution is 5.10. The monoisotopic (exact) mass is 306 g/mol. The minimum Gasteiger partial charge on any atom is -0.368 e. The average molecular weight is 306 g/mol. The summed E-state index contributed by atoms with van der Waals surface area (Å²) in [5, 5.41) is 0. The second-order valence-electron chi connectivity index (χ2n) is 5.62. The van der Waals surface area contributed by atoms with Crippen molar-refractivity contribution in [3.8, 4) is 12.3 Å². The Morgan fingerprint density at radius 1 is 1.59 bits per heavy atom. The fraction of sp³-hybridized carbons (Fsp3) is 0.600. The minimum atomic E-state index is -0.639. The van der Waals surface area contributed by atoms with E-state index in [1.165, 1.54) is 10.8 Å². The Hall–Kier alpha value is -1.88. The molecule has 1 aromatic rings. The number of hydrogen-bond donors (Lipinski definition) is 1. The molecule has 1 N–H and O–H groups in total. The third-order valence-corrected chi connectivity index (χ3v) is 4.34. The van der Waals surface area contributed by atoms with Crippen LogP contribution < -0.4 is 11.2 Å². The van der Waals surface area contributed by atoms with Gasteiger partial charge in [-0.1, -0.05) is 12.8 Å². The van der Waals surface area contributed by atoms with Crippen molar-refractivity contribution in [2.24, 2.45) is 0 Å². The first kappa shape index (κ1) is 15.0. The molecule has 1 unspecified atom stereocenters. The van der Waals surface area contributed by atoms with Gasteiger partial charge in [-0.15, -0.1) is 6.42 Å². The molecule has 2 fully saturated rings. The zero-order valence-electron chi connectivity index (χ0n) is 12.5. The predicted octanol–water partition coefficient (Wildman–Crippen LogP) is -0.0602. The van der Waals surface area contributed by atoms with E-state index in [4.69, 9.17) is 20.6 Å². The second-order valence-corrected chi connectivity index (χ2v) is 5.62. The number of fused-ring (bicyclic) bond motifs is 2. The molecular weight excluding hydrogens is 288 g/mol. The number of nitrogens with zero attached hydrogens (tertiary/aromatic N) is 1. The highest BCUT2D eigenvalue weighted by Crippen LogP contribution is 2.47. The smallest absolute Gasteiger partial charge is 0.330 e. The second kappa shape index (κ2) is 5.39. The first-order valence-corrected chi connectivity index (χ1v) is 7.19. The molecule has 0 saturated carbocycles. The third-order valence-electron chi connectivity index (χ3n) is 4.34. The Balaban J connectivity index is 1.98. The molecule has 0 aliphatic carbocycles. The van der Waals surface area contributed by atoms with Crippen LogP contribution in [0.2, 0.25) is 0 Å². The third kappa shape index (κ3) is 2.11. The normalized spacial score (nSPS) is 33.0. The fourth-order valence-corrected chi connectivity index (χ4v) is 3.11. The molecule has 0 aromatic carbocycles. The zero-order valence-corrected chi connectivity index (χ0v) is 12.5. The molecule has 0 spiro atoms. The van der Waals surface area contributed by atoms with Gasteiger partial charge in [-0.05, 0) is 13.3 Å². The highest BCUT2D eigenvalue weighted by atomic mass is 16.7. The molecule has 3 rings (SSSR count). The fourth-order valence-electron chi connectivity index (χ4n) is 3.11. The van der Waals surface area contributed by atoms with E-state index in [9.17, 15) is 9.59 Å². The lowest BCUT2D eigenvalue weighted by Gasteiger charge is -2.30. The van der Waals surface area contributed by atoms with Gasteiger partial charge in [0.2, 0.25) is 0 Å². The lowest BCUT2D eigenvalue weighted by Crippen LogP contribution is -2.42. The van der Waals surface area contributed by atoms with Crippen LogP contribution in [0.5, 0.6) is 0 Å². The predicted molar refractivity (Wildman–Crippen MR) is 77.5 cm³/mol. The van der Waals surface area contributed by atoms with E-state index in [0.717, 1.165) is 0 Å². The van der Waals surface area contributed by atoms with Crippen LogP contribution >= 0.6 is 0 Å². The number of aryl methyl sites for hydroxylation is 1. The van der Waals surface area contributed by atoms with Crippen molar-refractivity contribution in [2.45, 2.75) is 44.3 Å². The van der Waals surface area contributed by atoms with Crippen molar-refractivity contribution in [3.63, 3.8) is 0 Å². The molecule has 2 bridgehead atoms. The SMILES string of the molecule is C#CCOC1[C@@H]2OC[C@]1(CC)O[C@H]2n1cc(C)c(=O)[nH]c1=O. The molecule has 3 heterocycles. The van der Waals surface area contributed by atoms with E-state index in [0.29, 0.717) is 18.6 Å². The first-order chi connectivity index (χ1) is 10.5. The molecular formula is C15H18N2O5. The largest absolute Gasteiger partial charge is 0.368 e. The number of rotatable bonds is 4. The average Bonchev–Trinajstić information content (AvgIpc) is 3.01. The van der Waals surface area contributed by atoms with E-state index < -0.39 is 29.2 Å². The first-order valence-electron chi connectivity index (χ1n) is 7.19. The van der Waals surface area contributed by atoms with Gasteiger partial charge in [-0.2, -0.15) is 0 Å². The molecule has 22 heavy (non-hydrogen) atoms. The van der Waals surface area contributed by atoms with Crippen molar-refractivity contribution in [1.82, 2.24) is 9.55 Å². The quantitative estimate of drug-likeness (QED) is 0.788. The van der Waals surface area contributed by atoms with Gasteiger partial charge in [-0.3, -0.25) is 14.3 Å². The number of terminal acetylenes is 1. The van der Waals surface area contributed by atoms with Gasteiger partial charge in [0.25, 0.3) is 5.56 Å². The van der Waals surface area contributed by atoms with Gasteiger partial charge in [0, 0.05) is 11.8 Å². The molecule has 4 atom stereocenters. The number of H-pyrrole nitrogens is 1. The van der Waals surface area contributed by atoms with Crippen LogP contribution in [0.4, 0.5) is 0 Å². The lowest BCUT2D eigenvalue weighted by molar-refractivity contribution is -0.176. The van der Waals surface area contributed by atoms with Crippen LogP contribution in [0.25, 0.3) is 0 Å². The van der Waals surface area contributed by atoms with Gasteiger partial charge >= 0.3 is 5.69 Å². The van der Waals surface area contributed by atoms with Crippen LogP contribution in [-0.2, 0) is 14.2 Å². The van der Waals surface area contributed by atoms with Gasteiger partial charge in [0.05, 0.1) is 6.61 Å². The maximum Gasteiger partial charge on any atom is 0.330 e. The highest BCUT2D eigenvalue weighted by Gasteiger charge is 2.62. The lowest BCUT2D eigenvalue weighted by atomic mass is 9.96. The Kier molecular flexibility index (Phi) is 3.68. The Morgan fingerprint density at radius 2 is 2.36 bits per heavy atom. The summed E-state index contributed by atoms with van der Waals surface area (Å²) in [6.07, 6.45) is 6.01. The van der Waals surface area contributed by atoms with Crippen molar-refractivity contribution < 1.29 is 14.2 Å². The summed E-state index contributed by atoms with van der Waals surface area (Å²) in [5.41, 5.74) is -1.12. The summed E-state index contributed by atoms with van der Waals surface area (Å²) in [5.74, 6) is 2.44. The standard InChI is InChI=1S/C15H18N2O5/c1-4-6-20-11-10-13(22-15(11,5-2)8-21-10)17-7-9(3)12(18)16-14(17)19/h1,7,10-11,13H,5-6,8H2,2-3H3,(H,16,18,19)/t10-,11?,13+,15-/m0/s1. The molecule has 2 saturated heterocycles. The maximum absolute atomic E-state index is 12.1. The van der Waals surface area contributed by atoms with Crippen molar-refractivity contribution >= 4 is 0 Å². The van der Waals surface area contributed by atoms with E-state index in [1.54, 1.807) is 6.92 Å². The maximum atomic E-state index is 12.1. The van der Waals surface area contributed by atoms with Gasteiger partial charge in [-0.25, -0.2) is 4.79 Å². The molecule has 2 aliphatic heterocycles. The minimum absolute atomic E-state index is 0.155. The number of hydrogen-bond acceptors (Lipinski definition) is 5. The molecule has 0 amide bonds. The van der Waals surface area contributed by atoms with Gasteiger partial charge < -0.3 is 14.2 Å². The Labute approximate surface area is 127 Å². The van der Waals surface area contributed by atoms with Crippen LogP contribution in [0.1, 0.15) is 25.1 Å². The van der Waals surface area contributed by atoms with Crippen LogP contribution in [0.3, 0.4) is 0 Å². The van der Waals surface area contributed by atoms with Crippen LogP contribution in [0, 0.1) is 19.3 Å². The molecule has 2 aliphatic rings. The van der Waals surface area contributed by atoms with E-state index in [1.807, 2.05) is 6.92 Å². The molecule has 7 heteroatoms. The van der Waals surface area contributed by atoms with E-state index >= 15 is 0 Å². The summed E-state index contributed by atoms with van der Waals surface area (Å²) >= 11 is 0. The Bertz CT molecular complexity index is 731. The van der Waals surface area contributed by atoms with Crippen molar-refractivity contribution in [2.75, 3.05) is 13.2 Å². The molecule has 7 nitrogen and oxygen atoms in total. The number of ether oxygens (including phenoxy) is 3. The van der Waals surface area contributed by atoms with Gasteiger partial charge in [0.1, 0.15) is 24.4 Å². The van der Waals surface area contributed by atoms with Crippen LogP contribution in [-0.4, -0.2) is 40.6 Å². The van der Waals surface area contributed by atoms with Crippen molar-refractivity contribution in [3.05, 3.63) is 32.6 Å². The summed E-state index contributed by atoms with van der Waals surface area (Å²) in [6, 6.07) is 0. The van der Waals surface area contributed by atoms with Gasteiger partial charge in [0.15, 0.2) is 6.23 Å². The van der Waals surface area contributed by atoms with Crippen molar-refractivity contribution in [1.29, 1.82) is 0 Å². The summed E-state index contributed by atoms with van der Waals surface area (Å²) in [7, 11) is 0. The topological polar surface area (TPSA) is 82.6 Å². The summed E-state index contributed by atoms with van der Waals surface area (Å²) in [4.78, 5) is 25.8. The Morgan fingerprint density at radius 3 is 3.05 bits per heavy atom. The molecule has 0 radical (unpaired) electrons.